The number of sulfone groups is 1. The molecule has 0 bridgehead atoms. The maximum Gasteiger partial charge on any atom is 0.253 e. The average Bonchev–Trinajstić information content (AvgIpc) is 2.97. The van der Waals surface area contributed by atoms with E-state index >= 15 is 0 Å². The summed E-state index contributed by atoms with van der Waals surface area (Å²) in [6, 6.07) is 14.6. The molecule has 1 aromatic heterocycles. The van der Waals surface area contributed by atoms with Crippen LogP contribution in [0.15, 0.2) is 52.9 Å². The van der Waals surface area contributed by atoms with Crippen molar-refractivity contribution < 1.29 is 17.6 Å². The Morgan fingerprint density at radius 3 is 2.56 bits per heavy atom. The second kappa shape index (κ2) is 7.56. The van der Waals surface area contributed by atoms with Crippen LogP contribution >= 0.6 is 0 Å². The molecule has 2 aromatic carbocycles. The summed E-state index contributed by atoms with van der Waals surface area (Å²) in [5, 5.41) is 1.01. The fraction of sp³-hybridized carbons (Fsp3) is 0.286. The summed E-state index contributed by atoms with van der Waals surface area (Å²) in [5.74, 6) is 0.642. The summed E-state index contributed by atoms with van der Waals surface area (Å²) in [5.41, 5.74) is 2.92. The number of nitrogens with zero attached hydrogens (tertiary/aromatic N) is 1. The molecule has 142 valence electrons. The maximum absolute atomic E-state index is 12.9. The second-order valence-corrected chi connectivity index (χ2v) is 8.93. The predicted octanol–water partition coefficient (Wildman–Crippen LogP) is 3.81. The van der Waals surface area contributed by atoms with Gasteiger partial charge in [-0.25, -0.2) is 8.42 Å². The molecule has 0 saturated carbocycles. The van der Waals surface area contributed by atoms with E-state index in [2.05, 4.69) is 0 Å². The summed E-state index contributed by atoms with van der Waals surface area (Å²) in [7, 11) is -1.41. The van der Waals surface area contributed by atoms with Crippen LogP contribution in [0.3, 0.4) is 0 Å². The number of carbonyl (C=O) groups excluding carboxylic acids is 1. The van der Waals surface area contributed by atoms with Crippen LogP contribution in [0.1, 0.15) is 34.2 Å². The molecule has 0 fully saturated rings. The van der Waals surface area contributed by atoms with Crippen molar-refractivity contribution in [3.05, 3.63) is 71.0 Å². The Labute approximate surface area is 159 Å². The fourth-order valence-corrected chi connectivity index (χ4v) is 4.02. The van der Waals surface area contributed by atoms with Gasteiger partial charge in [0.1, 0.15) is 11.3 Å². The first-order valence-electron chi connectivity index (χ1n) is 8.80. The highest BCUT2D eigenvalue weighted by molar-refractivity contribution is 7.89. The number of carbonyl (C=O) groups is 1. The largest absolute Gasteiger partial charge is 0.461 e. The highest BCUT2D eigenvalue weighted by Gasteiger charge is 2.18. The van der Waals surface area contributed by atoms with Crippen molar-refractivity contribution in [2.45, 2.75) is 25.6 Å². The summed E-state index contributed by atoms with van der Waals surface area (Å²) < 4.78 is 28.9. The number of rotatable bonds is 6. The van der Waals surface area contributed by atoms with Gasteiger partial charge in [0.15, 0.2) is 9.84 Å². The van der Waals surface area contributed by atoms with Crippen LogP contribution in [0.5, 0.6) is 0 Å². The molecule has 0 aliphatic rings. The van der Waals surface area contributed by atoms with Crippen LogP contribution in [0.25, 0.3) is 11.0 Å². The summed E-state index contributed by atoms with van der Waals surface area (Å²) >= 11 is 0. The Morgan fingerprint density at radius 1 is 1.11 bits per heavy atom. The van der Waals surface area contributed by atoms with Crippen LogP contribution in [0, 0.1) is 0 Å². The van der Waals surface area contributed by atoms with Crippen molar-refractivity contribution in [1.29, 1.82) is 0 Å². The lowest BCUT2D eigenvalue weighted by atomic mass is 10.1. The van der Waals surface area contributed by atoms with Gasteiger partial charge in [0, 0.05) is 42.8 Å². The number of hydrogen-bond acceptors (Lipinski definition) is 4. The molecule has 6 heteroatoms. The van der Waals surface area contributed by atoms with E-state index in [4.69, 9.17) is 4.42 Å². The first-order chi connectivity index (χ1) is 12.8. The Hall–Kier alpha value is -2.60. The van der Waals surface area contributed by atoms with Crippen molar-refractivity contribution in [2.24, 2.45) is 0 Å². The molecule has 0 atom stereocenters. The van der Waals surface area contributed by atoms with Gasteiger partial charge in [-0.3, -0.25) is 4.79 Å². The Balaban J connectivity index is 1.86. The van der Waals surface area contributed by atoms with Gasteiger partial charge in [0.05, 0.1) is 5.75 Å². The molecule has 1 heterocycles. The molecule has 1 amide bonds. The van der Waals surface area contributed by atoms with Gasteiger partial charge in [-0.15, -0.1) is 0 Å². The first-order valence-corrected chi connectivity index (χ1v) is 10.9. The van der Waals surface area contributed by atoms with Crippen LogP contribution in [0.2, 0.25) is 0 Å². The lowest BCUT2D eigenvalue weighted by Crippen LogP contribution is -2.26. The van der Waals surface area contributed by atoms with Crippen molar-refractivity contribution in [3.8, 4) is 0 Å². The molecular weight excluding hydrogens is 362 g/mol. The zero-order valence-electron chi connectivity index (χ0n) is 15.7. The van der Waals surface area contributed by atoms with E-state index in [1.807, 2.05) is 31.2 Å². The number of benzene rings is 2. The molecule has 0 unspecified atom stereocenters. The van der Waals surface area contributed by atoms with Gasteiger partial charge in [-0.1, -0.05) is 37.3 Å². The van der Waals surface area contributed by atoms with Crippen LogP contribution < -0.4 is 0 Å². The smallest absolute Gasteiger partial charge is 0.253 e. The first kappa shape index (κ1) is 19.2. The van der Waals surface area contributed by atoms with Gasteiger partial charge in [-0.05, 0) is 23.8 Å². The van der Waals surface area contributed by atoms with E-state index in [1.54, 1.807) is 36.2 Å². The lowest BCUT2D eigenvalue weighted by Gasteiger charge is -2.18. The molecule has 5 nitrogen and oxygen atoms in total. The Morgan fingerprint density at radius 2 is 1.85 bits per heavy atom. The molecule has 0 spiro atoms. The molecule has 0 radical (unpaired) electrons. The summed E-state index contributed by atoms with van der Waals surface area (Å²) in [6.45, 7) is 2.45. The minimum absolute atomic E-state index is 0.0792. The Kier molecular flexibility index (Phi) is 5.37. The van der Waals surface area contributed by atoms with E-state index in [0.29, 0.717) is 17.7 Å². The molecule has 3 aromatic rings. The van der Waals surface area contributed by atoms with Gasteiger partial charge < -0.3 is 9.32 Å². The minimum atomic E-state index is -3.15. The molecule has 0 aliphatic heterocycles. The number of amides is 1. The molecule has 0 aliphatic carbocycles. The van der Waals surface area contributed by atoms with E-state index in [-0.39, 0.29) is 11.7 Å². The fourth-order valence-electron chi connectivity index (χ4n) is 3.23. The number of fused-ring (bicyclic) bond motifs is 1. The maximum atomic E-state index is 12.9. The number of furan rings is 1. The van der Waals surface area contributed by atoms with E-state index in [1.165, 1.54) is 6.26 Å². The lowest BCUT2D eigenvalue weighted by molar-refractivity contribution is 0.0785. The normalized spacial score (nSPS) is 11.7. The standard InChI is InChI=1S/C21H23NO4S/c1-4-19-18(17-10-5-6-11-20(17)26-19)13-22(2)21(23)16-9-7-8-15(12-16)14-27(3,24)25/h5-12H,4,13-14H2,1-3H3. The molecule has 0 saturated heterocycles. The van der Waals surface area contributed by atoms with Crippen molar-refractivity contribution in [2.75, 3.05) is 13.3 Å². The molecule has 0 N–H and O–H groups in total. The van der Waals surface area contributed by atoms with Gasteiger partial charge in [-0.2, -0.15) is 0 Å². The second-order valence-electron chi connectivity index (χ2n) is 6.79. The highest BCUT2D eigenvalue weighted by atomic mass is 32.2. The number of para-hydroxylation sites is 1. The van der Waals surface area contributed by atoms with Crippen LogP contribution in [-0.4, -0.2) is 32.5 Å². The Bertz CT molecular complexity index is 1080. The van der Waals surface area contributed by atoms with Crippen molar-refractivity contribution in [3.63, 3.8) is 0 Å². The SMILES string of the molecule is CCc1oc2ccccc2c1CN(C)C(=O)c1cccc(CS(C)(=O)=O)c1. The predicted molar refractivity (Wildman–Crippen MR) is 106 cm³/mol. The zero-order valence-corrected chi connectivity index (χ0v) is 16.5. The topological polar surface area (TPSA) is 67.6 Å². The highest BCUT2D eigenvalue weighted by Crippen LogP contribution is 2.27. The van der Waals surface area contributed by atoms with Crippen LogP contribution in [-0.2, 0) is 28.6 Å². The summed E-state index contributed by atoms with van der Waals surface area (Å²) in [4.78, 5) is 14.5. The van der Waals surface area contributed by atoms with E-state index in [0.717, 1.165) is 28.7 Å². The van der Waals surface area contributed by atoms with Gasteiger partial charge in [0.25, 0.3) is 5.91 Å². The molecule has 3 rings (SSSR count). The number of hydrogen-bond donors (Lipinski definition) is 0. The minimum Gasteiger partial charge on any atom is -0.461 e. The third-order valence-corrected chi connectivity index (χ3v) is 5.31. The van der Waals surface area contributed by atoms with Gasteiger partial charge in [0.2, 0.25) is 0 Å². The van der Waals surface area contributed by atoms with E-state index < -0.39 is 9.84 Å². The van der Waals surface area contributed by atoms with Crippen molar-refractivity contribution in [1.82, 2.24) is 4.90 Å². The third kappa shape index (κ3) is 4.39. The van der Waals surface area contributed by atoms with Crippen molar-refractivity contribution >= 4 is 26.7 Å². The summed E-state index contributed by atoms with van der Waals surface area (Å²) in [6.07, 6.45) is 1.93. The third-order valence-electron chi connectivity index (χ3n) is 4.45. The average molecular weight is 385 g/mol. The number of aryl methyl sites for hydroxylation is 1. The zero-order chi connectivity index (χ0) is 19.6. The van der Waals surface area contributed by atoms with Gasteiger partial charge >= 0.3 is 0 Å². The molecular formula is C21H23NO4S. The molecule has 27 heavy (non-hydrogen) atoms. The monoisotopic (exact) mass is 385 g/mol. The van der Waals surface area contributed by atoms with Crippen LogP contribution in [0.4, 0.5) is 0 Å². The van der Waals surface area contributed by atoms with E-state index in [9.17, 15) is 13.2 Å². The quantitative estimate of drug-likeness (QED) is 0.647.